The molecule has 25 heavy (non-hydrogen) atoms. The maximum atomic E-state index is 13.0. The van der Waals surface area contributed by atoms with Crippen molar-refractivity contribution in [2.75, 3.05) is 27.2 Å². The molecule has 0 unspecified atom stereocenters. The molecule has 0 aromatic heterocycles. The normalized spacial score (nSPS) is 10.7. The lowest BCUT2D eigenvalue weighted by molar-refractivity contribution is 0.280. The van der Waals surface area contributed by atoms with Gasteiger partial charge in [-0.15, -0.1) is 0 Å². The van der Waals surface area contributed by atoms with Gasteiger partial charge in [0.2, 0.25) is 0 Å². The van der Waals surface area contributed by atoms with Gasteiger partial charge in [0.15, 0.2) is 11.5 Å². The van der Waals surface area contributed by atoms with Crippen LogP contribution in [0.4, 0.5) is 4.39 Å². The fourth-order valence-corrected chi connectivity index (χ4v) is 2.86. The highest BCUT2D eigenvalue weighted by Crippen LogP contribution is 2.36. The Morgan fingerprint density at radius 1 is 1.08 bits per heavy atom. The van der Waals surface area contributed by atoms with Gasteiger partial charge in [0.1, 0.15) is 12.4 Å². The van der Waals surface area contributed by atoms with E-state index in [0.717, 1.165) is 35.1 Å². The third kappa shape index (κ3) is 5.99. The quantitative estimate of drug-likeness (QED) is 0.583. The lowest BCUT2D eigenvalue weighted by atomic mass is 10.1. The number of methoxy groups -OCH3 is 1. The van der Waals surface area contributed by atoms with E-state index in [2.05, 4.69) is 26.6 Å². The maximum absolute atomic E-state index is 13.0. The van der Waals surface area contributed by atoms with E-state index >= 15 is 0 Å². The van der Waals surface area contributed by atoms with Crippen LogP contribution >= 0.6 is 15.9 Å². The first-order chi connectivity index (χ1) is 12.2. The summed E-state index contributed by atoms with van der Waals surface area (Å²) in [5.41, 5.74) is 1.90. The Morgan fingerprint density at radius 2 is 1.84 bits per heavy atom. The molecule has 2 aromatic rings. The molecule has 0 aliphatic heterocycles. The second-order valence-electron chi connectivity index (χ2n) is 5.61. The molecule has 2 N–H and O–H groups in total. The van der Waals surface area contributed by atoms with Crippen LogP contribution in [0.25, 0.3) is 0 Å². The van der Waals surface area contributed by atoms with Gasteiger partial charge in [-0.1, -0.05) is 28.1 Å². The number of hydrogen-bond acceptors (Lipinski definition) is 4. The van der Waals surface area contributed by atoms with Crippen molar-refractivity contribution in [2.45, 2.75) is 19.6 Å². The summed E-state index contributed by atoms with van der Waals surface area (Å²) in [5.74, 6) is 1.12. The fraction of sp³-hybridized carbons (Fsp3) is 0.368. The molecule has 0 aliphatic rings. The maximum Gasteiger partial charge on any atom is 0.167 e. The molecule has 0 aliphatic carbocycles. The highest BCUT2D eigenvalue weighted by Gasteiger charge is 2.14. The van der Waals surface area contributed by atoms with Crippen LogP contribution in [-0.4, -0.2) is 27.2 Å². The Bertz CT molecular complexity index is 665. The smallest absolute Gasteiger partial charge is 0.167 e. The highest BCUT2D eigenvalue weighted by atomic mass is 79.9. The van der Waals surface area contributed by atoms with Crippen molar-refractivity contribution in [3.05, 3.63) is 57.8 Å². The van der Waals surface area contributed by atoms with Gasteiger partial charge < -0.3 is 20.1 Å². The molecule has 136 valence electrons. The summed E-state index contributed by atoms with van der Waals surface area (Å²) >= 11 is 3.59. The van der Waals surface area contributed by atoms with E-state index < -0.39 is 0 Å². The van der Waals surface area contributed by atoms with E-state index in [9.17, 15) is 4.39 Å². The Morgan fingerprint density at radius 3 is 2.52 bits per heavy atom. The minimum absolute atomic E-state index is 0.254. The molecule has 0 saturated heterocycles. The predicted molar refractivity (Wildman–Crippen MR) is 102 cm³/mol. The second-order valence-corrected chi connectivity index (χ2v) is 6.46. The monoisotopic (exact) mass is 410 g/mol. The minimum atomic E-state index is -0.254. The van der Waals surface area contributed by atoms with Crippen molar-refractivity contribution >= 4 is 15.9 Å². The number of halogens is 2. The molecule has 0 spiro atoms. The van der Waals surface area contributed by atoms with Crippen LogP contribution in [0, 0.1) is 5.82 Å². The van der Waals surface area contributed by atoms with Gasteiger partial charge in [0.25, 0.3) is 0 Å². The van der Waals surface area contributed by atoms with Crippen LogP contribution in [0.15, 0.2) is 40.9 Å². The van der Waals surface area contributed by atoms with Gasteiger partial charge in [0, 0.05) is 16.6 Å². The SMILES string of the molecule is CNCCCNCc1c(Br)ccc(OC)c1OCc1ccc(F)cc1. The van der Waals surface area contributed by atoms with Gasteiger partial charge >= 0.3 is 0 Å². The summed E-state index contributed by atoms with van der Waals surface area (Å²) in [6.07, 6.45) is 1.05. The molecule has 2 aromatic carbocycles. The average Bonchev–Trinajstić information content (AvgIpc) is 2.62. The number of hydrogen-bond donors (Lipinski definition) is 2. The van der Waals surface area contributed by atoms with Gasteiger partial charge in [-0.2, -0.15) is 0 Å². The van der Waals surface area contributed by atoms with Crippen molar-refractivity contribution in [1.29, 1.82) is 0 Å². The van der Waals surface area contributed by atoms with Gasteiger partial charge in [-0.05, 0) is 56.4 Å². The lowest BCUT2D eigenvalue weighted by Crippen LogP contribution is -2.20. The first-order valence-corrected chi connectivity index (χ1v) is 9.03. The summed E-state index contributed by atoms with van der Waals surface area (Å²) in [5, 5.41) is 6.55. The Balaban J connectivity index is 2.10. The van der Waals surface area contributed by atoms with E-state index in [1.165, 1.54) is 12.1 Å². The molecular weight excluding hydrogens is 387 g/mol. The summed E-state index contributed by atoms with van der Waals surface area (Å²) in [6.45, 7) is 2.89. The van der Waals surface area contributed by atoms with E-state index in [1.54, 1.807) is 19.2 Å². The predicted octanol–water partition coefficient (Wildman–Crippen LogP) is 3.87. The Labute approximate surface area is 156 Å². The molecule has 0 fully saturated rings. The van der Waals surface area contributed by atoms with E-state index in [1.807, 2.05) is 19.2 Å². The summed E-state index contributed by atoms with van der Waals surface area (Å²) < 4.78 is 25.5. The highest BCUT2D eigenvalue weighted by molar-refractivity contribution is 9.10. The van der Waals surface area contributed by atoms with Crippen molar-refractivity contribution in [3.63, 3.8) is 0 Å². The zero-order chi connectivity index (χ0) is 18.1. The van der Waals surface area contributed by atoms with Crippen LogP contribution in [0.2, 0.25) is 0 Å². The first-order valence-electron chi connectivity index (χ1n) is 8.23. The third-order valence-electron chi connectivity index (χ3n) is 3.77. The van der Waals surface area contributed by atoms with Gasteiger partial charge in [-0.25, -0.2) is 4.39 Å². The van der Waals surface area contributed by atoms with Crippen LogP contribution < -0.4 is 20.1 Å². The number of benzene rings is 2. The van der Waals surface area contributed by atoms with Crippen molar-refractivity contribution in [3.8, 4) is 11.5 Å². The van der Waals surface area contributed by atoms with Crippen LogP contribution in [0.1, 0.15) is 17.5 Å². The largest absolute Gasteiger partial charge is 0.493 e. The van der Waals surface area contributed by atoms with Crippen molar-refractivity contribution in [1.82, 2.24) is 10.6 Å². The molecule has 4 nitrogen and oxygen atoms in total. The van der Waals surface area contributed by atoms with Gasteiger partial charge in [0.05, 0.1) is 7.11 Å². The molecule has 0 atom stereocenters. The van der Waals surface area contributed by atoms with Crippen molar-refractivity contribution < 1.29 is 13.9 Å². The molecule has 0 radical (unpaired) electrons. The lowest BCUT2D eigenvalue weighted by Gasteiger charge is -2.17. The first kappa shape index (κ1) is 19.7. The Kier molecular flexibility index (Phi) is 8.18. The summed E-state index contributed by atoms with van der Waals surface area (Å²) in [6, 6.07) is 10.1. The van der Waals surface area contributed by atoms with Crippen molar-refractivity contribution in [2.24, 2.45) is 0 Å². The second kappa shape index (κ2) is 10.4. The van der Waals surface area contributed by atoms with E-state index in [4.69, 9.17) is 9.47 Å². The summed E-state index contributed by atoms with van der Waals surface area (Å²) in [4.78, 5) is 0. The number of nitrogens with one attached hydrogen (secondary N) is 2. The molecule has 0 saturated carbocycles. The minimum Gasteiger partial charge on any atom is -0.493 e. The molecule has 0 bridgehead atoms. The molecule has 0 heterocycles. The van der Waals surface area contributed by atoms with Crippen LogP contribution in [-0.2, 0) is 13.2 Å². The van der Waals surface area contributed by atoms with E-state index in [-0.39, 0.29) is 5.82 Å². The third-order valence-corrected chi connectivity index (χ3v) is 4.51. The summed E-state index contributed by atoms with van der Waals surface area (Å²) in [7, 11) is 3.57. The molecular formula is C19H24BrFN2O2. The Hall–Kier alpha value is -1.63. The standard InChI is InChI=1S/C19H24BrFN2O2/c1-22-10-3-11-23-12-16-17(20)8-9-18(24-2)19(16)25-13-14-4-6-15(21)7-5-14/h4-9,22-23H,3,10-13H2,1-2H3. The zero-order valence-corrected chi connectivity index (χ0v) is 16.2. The fourth-order valence-electron chi connectivity index (χ4n) is 2.41. The molecule has 2 rings (SSSR count). The molecule has 6 heteroatoms. The number of rotatable bonds is 10. The number of ether oxygens (including phenoxy) is 2. The topological polar surface area (TPSA) is 42.5 Å². The molecule has 0 amide bonds. The van der Waals surface area contributed by atoms with Crippen LogP contribution in [0.5, 0.6) is 11.5 Å². The van der Waals surface area contributed by atoms with E-state index in [0.29, 0.717) is 24.7 Å². The van der Waals surface area contributed by atoms with Crippen LogP contribution in [0.3, 0.4) is 0 Å². The van der Waals surface area contributed by atoms with Gasteiger partial charge in [-0.3, -0.25) is 0 Å². The zero-order valence-electron chi connectivity index (χ0n) is 14.6. The average molecular weight is 411 g/mol.